The van der Waals surface area contributed by atoms with Gasteiger partial charge in [0.05, 0.1) is 12.1 Å². The summed E-state index contributed by atoms with van der Waals surface area (Å²) in [6.45, 7) is 3.06. The molecule has 5 rings (SSSR count). The number of nitrogens with zero attached hydrogens (tertiary/aromatic N) is 5. The van der Waals surface area contributed by atoms with Crippen molar-refractivity contribution in [1.29, 1.82) is 0 Å². The third kappa shape index (κ3) is 7.68. The van der Waals surface area contributed by atoms with Crippen LogP contribution in [-0.2, 0) is 30.3 Å². The average Bonchev–Trinajstić information content (AvgIpc) is 3.00. The van der Waals surface area contributed by atoms with Crippen molar-refractivity contribution >= 4 is 11.9 Å². The van der Waals surface area contributed by atoms with Gasteiger partial charge < -0.3 is 19.0 Å². The van der Waals surface area contributed by atoms with Crippen LogP contribution in [0.3, 0.4) is 0 Å². The summed E-state index contributed by atoms with van der Waals surface area (Å²) in [5.41, 5.74) is -1.74. The third-order valence-electron chi connectivity index (χ3n) is 7.65. The zero-order valence-corrected chi connectivity index (χ0v) is 23.4. The molecule has 0 N–H and O–H groups in total. The van der Waals surface area contributed by atoms with E-state index < -0.39 is 29.0 Å². The Morgan fingerprint density at radius 1 is 0.932 bits per heavy atom. The van der Waals surface area contributed by atoms with Crippen LogP contribution < -0.4 is 15.1 Å². The quantitative estimate of drug-likeness (QED) is 0.352. The largest absolute Gasteiger partial charge is 0.482 e. The van der Waals surface area contributed by atoms with Crippen molar-refractivity contribution in [3.8, 4) is 5.75 Å². The molecule has 2 aromatic heterocycles. The number of alkyl halides is 6. The summed E-state index contributed by atoms with van der Waals surface area (Å²) in [6.07, 6.45) is -5.76. The van der Waals surface area contributed by atoms with E-state index in [4.69, 9.17) is 9.15 Å². The second kappa shape index (κ2) is 12.8. The topological polar surface area (TPSA) is 92.0 Å². The molecule has 1 amide bonds. The van der Waals surface area contributed by atoms with Crippen molar-refractivity contribution in [3.05, 3.63) is 81.7 Å². The predicted octanol–water partition coefficient (Wildman–Crippen LogP) is 4.61. The molecule has 236 valence electrons. The van der Waals surface area contributed by atoms with E-state index in [9.17, 15) is 35.9 Å². The van der Waals surface area contributed by atoms with Gasteiger partial charge in [-0.3, -0.25) is 14.5 Å². The molecule has 0 spiro atoms. The van der Waals surface area contributed by atoms with Crippen LogP contribution in [0.25, 0.3) is 0 Å². The molecule has 0 unspecified atom stereocenters. The Morgan fingerprint density at radius 2 is 1.61 bits per heavy atom. The molecule has 1 aromatic carbocycles. The number of ether oxygens (including phenoxy) is 1. The van der Waals surface area contributed by atoms with Gasteiger partial charge in [-0.1, -0.05) is 12.1 Å². The Bertz CT molecular complexity index is 1500. The van der Waals surface area contributed by atoms with Gasteiger partial charge in [-0.2, -0.15) is 26.3 Å². The molecule has 0 aliphatic carbocycles. The van der Waals surface area contributed by atoms with Gasteiger partial charge in [-0.05, 0) is 36.6 Å². The lowest BCUT2D eigenvalue weighted by Gasteiger charge is -2.38. The number of carbonyl (C=O) groups excluding carboxylic acids is 1. The molecular formula is C29H29F6N5O4. The molecular weight excluding hydrogens is 596 g/mol. The van der Waals surface area contributed by atoms with E-state index in [1.807, 2.05) is 4.90 Å². The molecule has 44 heavy (non-hydrogen) atoms. The van der Waals surface area contributed by atoms with Crippen LogP contribution in [0.15, 0.2) is 58.1 Å². The van der Waals surface area contributed by atoms with Crippen molar-refractivity contribution in [1.82, 2.24) is 19.8 Å². The van der Waals surface area contributed by atoms with Crippen molar-refractivity contribution < 1.29 is 40.3 Å². The molecule has 0 bridgehead atoms. The van der Waals surface area contributed by atoms with Gasteiger partial charge in [0, 0.05) is 57.4 Å². The molecule has 0 radical (unpaired) electrons. The van der Waals surface area contributed by atoms with Gasteiger partial charge in [0.25, 0.3) is 0 Å². The summed E-state index contributed by atoms with van der Waals surface area (Å²) in [7, 11) is 0. The van der Waals surface area contributed by atoms with E-state index >= 15 is 0 Å². The van der Waals surface area contributed by atoms with Crippen LogP contribution in [0, 0.1) is 5.92 Å². The molecule has 0 atom stereocenters. The number of aromatic nitrogens is 2. The predicted molar refractivity (Wildman–Crippen MR) is 145 cm³/mol. The number of amides is 1. The first-order chi connectivity index (χ1) is 20.9. The minimum atomic E-state index is -4.56. The normalized spacial score (nSPS) is 17.1. The molecule has 2 fully saturated rings. The molecule has 2 saturated heterocycles. The summed E-state index contributed by atoms with van der Waals surface area (Å²) < 4.78 is 88.2. The first-order valence-corrected chi connectivity index (χ1v) is 13.9. The summed E-state index contributed by atoms with van der Waals surface area (Å²) in [6, 6.07) is 6.58. The van der Waals surface area contributed by atoms with Crippen LogP contribution in [0.2, 0.25) is 0 Å². The zero-order chi connectivity index (χ0) is 31.5. The summed E-state index contributed by atoms with van der Waals surface area (Å²) >= 11 is 0. The Hall–Kier alpha value is -4.14. The number of piperazine rings is 1. The van der Waals surface area contributed by atoms with Crippen LogP contribution in [0.4, 0.5) is 32.3 Å². The van der Waals surface area contributed by atoms with Gasteiger partial charge in [0.2, 0.25) is 23.0 Å². The Balaban J connectivity index is 1.06. The second-order valence-electron chi connectivity index (χ2n) is 10.7. The van der Waals surface area contributed by atoms with E-state index in [2.05, 4.69) is 9.97 Å². The van der Waals surface area contributed by atoms with E-state index in [1.165, 1.54) is 24.5 Å². The van der Waals surface area contributed by atoms with Crippen LogP contribution in [0.5, 0.6) is 5.75 Å². The van der Waals surface area contributed by atoms with E-state index in [-0.39, 0.29) is 30.1 Å². The summed E-state index contributed by atoms with van der Waals surface area (Å²) in [5, 5.41) is 0. The number of rotatable bonds is 7. The molecule has 3 aromatic rings. The lowest BCUT2D eigenvalue weighted by molar-refractivity contribution is -0.141. The van der Waals surface area contributed by atoms with Gasteiger partial charge in [-0.25, -0.2) is 9.97 Å². The summed E-state index contributed by atoms with van der Waals surface area (Å²) in [4.78, 5) is 38.7. The first-order valence-electron chi connectivity index (χ1n) is 13.9. The number of hydrogen-bond donors (Lipinski definition) is 0. The molecule has 15 heteroatoms. The smallest absolute Gasteiger partial charge is 0.433 e. The highest BCUT2D eigenvalue weighted by Crippen LogP contribution is 2.30. The Kier molecular flexibility index (Phi) is 9.13. The van der Waals surface area contributed by atoms with Gasteiger partial charge in [0.15, 0.2) is 0 Å². The molecule has 2 aliphatic rings. The minimum absolute atomic E-state index is 0.00438. The maximum absolute atomic E-state index is 13.1. The lowest BCUT2D eigenvalue weighted by Crippen LogP contribution is -2.51. The third-order valence-corrected chi connectivity index (χ3v) is 7.65. The molecule has 0 saturated carbocycles. The fourth-order valence-corrected chi connectivity index (χ4v) is 5.17. The highest BCUT2D eigenvalue weighted by Gasteiger charge is 2.35. The van der Waals surface area contributed by atoms with Crippen molar-refractivity contribution in [3.63, 3.8) is 0 Å². The Labute approximate surface area is 248 Å². The van der Waals surface area contributed by atoms with E-state index in [0.29, 0.717) is 70.0 Å². The highest BCUT2D eigenvalue weighted by atomic mass is 19.4. The highest BCUT2D eigenvalue weighted by molar-refractivity contribution is 5.79. The average molecular weight is 626 g/mol. The van der Waals surface area contributed by atoms with Gasteiger partial charge >= 0.3 is 12.4 Å². The van der Waals surface area contributed by atoms with E-state index in [0.717, 1.165) is 24.4 Å². The van der Waals surface area contributed by atoms with Crippen LogP contribution in [-0.4, -0.2) is 64.9 Å². The fraction of sp³-hybridized carbons (Fsp3) is 0.448. The number of hydrogen-bond acceptors (Lipinski definition) is 8. The van der Waals surface area contributed by atoms with Gasteiger partial charge in [0.1, 0.15) is 24.3 Å². The molecule has 2 aliphatic heterocycles. The van der Waals surface area contributed by atoms with Crippen molar-refractivity contribution in [2.75, 3.05) is 44.2 Å². The van der Waals surface area contributed by atoms with Crippen molar-refractivity contribution in [2.24, 2.45) is 5.92 Å². The SMILES string of the molecule is O=C(C1CCN(c2nccc(C(F)(F)F)n2)CC1)N1CCN(Cc2cc(=O)c(OCc3ccc(C(F)(F)F)cc3)co2)CC1. The standard InChI is InChI=1S/C29H29F6N5O4/c30-28(31,32)21-3-1-19(2-4-21)17-44-24-18-43-22(15-23(24)41)16-38-11-13-39(14-12-38)26(42)20-6-9-40(10-7-20)27-36-8-5-25(37-27)29(33,34)35/h1-5,8,15,18,20H,6-7,9-14,16-17H2. The van der Waals surface area contributed by atoms with Crippen LogP contribution in [0.1, 0.15) is 35.4 Å². The number of carbonyl (C=O) groups is 1. The maximum Gasteiger partial charge on any atom is 0.433 e. The number of anilines is 1. The Morgan fingerprint density at radius 3 is 2.23 bits per heavy atom. The maximum atomic E-state index is 13.1. The van der Waals surface area contributed by atoms with Gasteiger partial charge in [-0.15, -0.1) is 0 Å². The fourth-order valence-electron chi connectivity index (χ4n) is 5.17. The minimum Gasteiger partial charge on any atom is -0.482 e. The van der Waals surface area contributed by atoms with Crippen LogP contribution >= 0.6 is 0 Å². The number of benzene rings is 1. The molecule has 4 heterocycles. The second-order valence-corrected chi connectivity index (χ2v) is 10.7. The first kappa shape index (κ1) is 31.3. The van der Waals surface area contributed by atoms with E-state index in [1.54, 1.807) is 9.80 Å². The number of halogens is 6. The number of piperidine rings is 1. The zero-order valence-electron chi connectivity index (χ0n) is 23.4. The van der Waals surface area contributed by atoms with Crippen molar-refractivity contribution in [2.45, 2.75) is 38.3 Å². The molecule has 9 nitrogen and oxygen atoms in total. The monoisotopic (exact) mass is 625 g/mol. The summed E-state index contributed by atoms with van der Waals surface area (Å²) in [5.74, 6) is 0.118. The lowest BCUT2D eigenvalue weighted by atomic mass is 9.95.